The van der Waals surface area contributed by atoms with Crippen molar-refractivity contribution in [2.75, 3.05) is 24.6 Å². The monoisotopic (exact) mass is 340 g/mol. The van der Waals surface area contributed by atoms with Gasteiger partial charge in [-0.2, -0.15) is 13.2 Å². The number of alkyl halides is 3. The van der Waals surface area contributed by atoms with E-state index in [1.54, 1.807) is 25.1 Å². The zero-order valence-electron chi connectivity index (χ0n) is 10.4. The third-order valence-electron chi connectivity index (χ3n) is 2.58. The SMILES string of the molecule is C[C@@H](N)c1ccc(N(CCO)CC(F)(F)F)c(Br)c1. The molecule has 0 radical (unpaired) electrons. The van der Waals surface area contributed by atoms with Gasteiger partial charge >= 0.3 is 6.18 Å². The molecular formula is C12H16BrF3N2O. The van der Waals surface area contributed by atoms with Gasteiger partial charge in [0, 0.05) is 17.1 Å². The van der Waals surface area contributed by atoms with Gasteiger partial charge in [0.05, 0.1) is 12.3 Å². The van der Waals surface area contributed by atoms with E-state index in [2.05, 4.69) is 15.9 Å². The quantitative estimate of drug-likeness (QED) is 0.866. The molecule has 0 aliphatic rings. The molecule has 0 saturated heterocycles. The van der Waals surface area contributed by atoms with Gasteiger partial charge in [-0.3, -0.25) is 0 Å². The summed E-state index contributed by atoms with van der Waals surface area (Å²) < 4.78 is 38.0. The molecule has 0 fully saturated rings. The molecule has 1 aromatic carbocycles. The van der Waals surface area contributed by atoms with Crippen molar-refractivity contribution < 1.29 is 18.3 Å². The first-order valence-electron chi connectivity index (χ1n) is 5.72. The maximum atomic E-state index is 12.5. The second-order valence-corrected chi connectivity index (χ2v) is 5.11. The standard InChI is InChI=1S/C12H16BrF3N2O/c1-8(17)9-2-3-11(10(13)6-9)18(4-5-19)7-12(14,15)16/h2-3,6,8,19H,4-5,7,17H2,1H3/t8-/m1/s1. The lowest BCUT2D eigenvalue weighted by Crippen LogP contribution is -2.36. The van der Waals surface area contributed by atoms with E-state index in [1.165, 1.54) is 0 Å². The molecule has 0 amide bonds. The van der Waals surface area contributed by atoms with E-state index in [1.807, 2.05) is 0 Å². The summed E-state index contributed by atoms with van der Waals surface area (Å²) in [5.41, 5.74) is 6.93. The zero-order chi connectivity index (χ0) is 14.6. The highest BCUT2D eigenvalue weighted by Gasteiger charge is 2.31. The van der Waals surface area contributed by atoms with Crippen molar-refractivity contribution in [1.29, 1.82) is 0 Å². The van der Waals surface area contributed by atoms with Crippen LogP contribution in [0, 0.1) is 0 Å². The number of halogens is 4. The smallest absolute Gasteiger partial charge is 0.395 e. The van der Waals surface area contributed by atoms with Crippen LogP contribution in [-0.2, 0) is 0 Å². The van der Waals surface area contributed by atoms with Crippen LogP contribution in [0.4, 0.5) is 18.9 Å². The van der Waals surface area contributed by atoms with Crippen LogP contribution in [0.1, 0.15) is 18.5 Å². The average Bonchev–Trinajstić information content (AvgIpc) is 2.26. The van der Waals surface area contributed by atoms with Crippen molar-refractivity contribution in [3.05, 3.63) is 28.2 Å². The highest BCUT2D eigenvalue weighted by atomic mass is 79.9. The Morgan fingerprint density at radius 2 is 2.05 bits per heavy atom. The molecule has 0 heterocycles. The highest BCUT2D eigenvalue weighted by Crippen LogP contribution is 2.31. The summed E-state index contributed by atoms with van der Waals surface area (Å²) in [6.07, 6.45) is -4.32. The number of benzene rings is 1. The number of nitrogens with two attached hydrogens (primary N) is 1. The van der Waals surface area contributed by atoms with Crippen LogP contribution in [0.3, 0.4) is 0 Å². The molecule has 0 aromatic heterocycles. The fourth-order valence-corrected chi connectivity index (χ4v) is 2.33. The minimum atomic E-state index is -4.32. The predicted octanol–water partition coefficient (Wildman–Crippen LogP) is 2.83. The lowest BCUT2D eigenvalue weighted by molar-refractivity contribution is -0.119. The van der Waals surface area contributed by atoms with E-state index in [4.69, 9.17) is 10.8 Å². The van der Waals surface area contributed by atoms with Gasteiger partial charge in [-0.05, 0) is 40.5 Å². The number of rotatable bonds is 5. The Kier molecular flexibility index (Phi) is 5.64. The van der Waals surface area contributed by atoms with Crippen molar-refractivity contribution in [1.82, 2.24) is 0 Å². The Hall–Kier alpha value is -0.790. The second kappa shape index (κ2) is 6.58. The number of hydrogen-bond acceptors (Lipinski definition) is 3. The first-order chi connectivity index (χ1) is 8.74. The molecule has 1 rings (SSSR count). The molecule has 0 saturated carbocycles. The summed E-state index contributed by atoms with van der Waals surface area (Å²) in [6, 6.07) is 4.76. The van der Waals surface area contributed by atoms with E-state index >= 15 is 0 Å². The molecule has 0 aliphatic carbocycles. The van der Waals surface area contributed by atoms with Crippen LogP contribution < -0.4 is 10.6 Å². The third kappa shape index (κ3) is 5.00. The van der Waals surface area contributed by atoms with Gasteiger partial charge in [0.1, 0.15) is 6.54 Å². The van der Waals surface area contributed by atoms with Crippen LogP contribution in [0.15, 0.2) is 22.7 Å². The van der Waals surface area contributed by atoms with E-state index in [0.717, 1.165) is 10.5 Å². The Morgan fingerprint density at radius 3 is 2.47 bits per heavy atom. The second-order valence-electron chi connectivity index (χ2n) is 4.26. The van der Waals surface area contributed by atoms with Crippen LogP contribution in [0.5, 0.6) is 0 Å². The molecule has 1 aromatic rings. The molecule has 1 atom stereocenters. The maximum absolute atomic E-state index is 12.5. The lowest BCUT2D eigenvalue weighted by atomic mass is 10.1. The first-order valence-corrected chi connectivity index (χ1v) is 6.51. The topological polar surface area (TPSA) is 49.5 Å². The van der Waals surface area contributed by atoms with E-state index in [0.29, 0.717) is 10.2 Å². The van der Waals surface area contributed by atoms with Gasteiger partial charge in [0.15, 0.2) is 0 Å². The van der Waals surface area contributed by atoms with Gasteiger partial charge in [-0.25, -0.2) is 0 Å². The lowest BCUT2D eigenvalue weighted by Gasteiger charge is -2.26. The van der Waals surface area contributed by atoms with Gasteiger partial charge in [-0.1, -0.05) is 6.07 Å². The Balaban J connectivity index is 3.02. The summed E-state index contributed by atoms with van der Waals surface area (Å²) in [5.74, 6) is 0. The molecular weight excluding hydrogens is 325 g/mol. The summed E-state index contributed by atoms with van der Waals surface area (Å²) in [5, 5.41) is 8.88. The van der Waals surface area contributed by atoms with Crippen LogP contribution in [0.25, 0.3) is 0 Å². The van der Waals surface area contributed by atoms with E-state index < -0.39 is 12.7 Å². The van der Waals surface area contributed by atoms with E-state index in [9.17, 15) is 13.2 Å². The maximum Gasteiger partial charge on any atom is 0.405 e. The summed E-state index contributed by atoms with van der Waals surface area (Å²) in [6.45, 7) is 0.250. The zero-order valence-corrected chi connectivity index (χ0v) is 12.0. The molecule has 3 N–H and O–H groups in total. The van der Waals surface area contributed by atoms with Crippen LogP contribution in [0.2, 0.25) is 0 Å². The largest absolute Gasteiger partial charge is 0.405 e. The molecule has 0 bridgehead atoms. The average molecular weight is 341 g/mol. The fraction of sp³-hybridized carbons (Fsp3) is 0.500. The molecule has 19 heavy (non-hydrogen) atoms. The summed E-state index contributed by atoms with van der Waals surface area (Å²) in [7, 11) is 0. The van der Waals surface area contributed by atoms with Crippen molar-refractivity contribution in [3.63, 3.8) is 0 Å². The Labute approximate surface area is 118 Å². The van der Waals surface area contributed by atoms with Gasteiger partial charge in [0.25, 0.3) is 0 Å². The Bertz CT molecular complexity index is 424. The number of aliphatic hydroxyl groups excluding tert-OH is 1. The van der Waals surface area contributed by atoms with Crippen LogP contribution >= 0.6 is 15.9 Å². The molecule has 3 nitrogen and oxygen atoms in total. The number of nitrogens with zero attached hydrogens (tertiary/aromatic N) is 1. The van der Waals surface area contributed by atoms with E-state index in [-0.39, 0.29) is 19.2 Å². The van der Waals surface area contributed by atoms with Gasteiger partial charge in [-0.15, -0.1) is 0 Å². The highest BCUT2D eigenvalue weighted by molar-refractivity contribution is 9.10. The first kappa shape index (κ1) is 16.3. The minimum absolute atomic E-state index is 0.0877. The minimum Gasteiger partial charge on any atom is -0.395 e. The van der Waals surface area contributed by atoms with Gasteiger partial charge in [0.2, 0.25) is 0 Å². The molecule has 7 heteroatoms. The molecule has 108 valence electrons. The Morgan fingerprint density at radius 1 is 1.42 bits per heavy atom. The normalized spacial score (nSPS) is 13.4. The molecule has 0 aliphatic heterocycles. The molecule has 0 spiro atoms. The molecule has 0 unspecified atom stereocenters. The van der Waals surface area contributed by atoms with Crippen molar-refractivity contribution in [3.8, 4) is 0 Å². The summed E-state index contributed by atoms with van der Waals surface area (Å²) >= 11 is 3.25. The van der Waals surface area contributed by atoms with Gasteiger partial charge < -0.3 is 15.7 Å². The van der Waals surface area contributed by atoms with Crippen molar-refractivity contribution in [2.24, 2.45) is 5.73 Å². The van der Waals surface area contributed by atoms with Crippen LogP contribution in [-0.4, -0.2) is 31.0 Å². The summed E-state index contributed by atoms with van der Waals surface area (Å²) in [4.78, 5) is 1.08. The number of aliphatic hydroxyl groups is 1. The fourth-order valence-electron chi connectivity index (χ4n) is 1.68. The third-order valence-corrected chi connectivity index (χ3v) is 3.21. The predicted molar refractivity (Wildman–Crippen MR) is 72.1 cm³/mol. The number of hydrogen-bond donors (Lipinski definition) is 2. The van der Waals surface area contributed by atoms with Crippen molar-refractivity contribution >= 4 is 21.6 Å². The number of anilines is 1. The van der Waals surface area contributed by atoms with Crippen molar-refractivity contribution in [2.45, 2.75) is 19.1 Å².